The number of rotatable bonds is 6. The normalized spacial score (nSPS) is 14.4. The molecule has 2 rings (SSSR count). The molecule has 1 amide bonds. The summed E-state index contributed by atoms with van der Waals surface area (Å²) in [6.07, 6.45) is 1.49. The van der Waals surface area contributed by atoms with Crippen LogP contribution < -0.4 is 4.74 Å². The highest BCUT2D eigenvalue weighted by atomic mass is 16.6. The van der Waals surface area contributed by atoms with Gasteiger partial charge in [-0.2, -0.15) is 0 Å². The summed E-state index contributed by atoms with van der Waals surface area (Å²) in [6, 6.07) is 7.48. The van der Waals surface area contributed by atoms with Gasteiger partial charge in [0.05, 0.1) is 6.54 Å². The van der Waals surface area contributed by atoms with Crippen LogP contribution in [0, 0.1) is 6.92 Å². The zero-order valence-corrected chi connectivity index (χ0v) is 11.6. The molecule has 0 spiro atoms. The van der Waals surface area contributed by atoms with Crippen molar-refractivity contribution >= 4 is 11.9 Å². The molecule has 0 radical (unpaired) electrons. The van der Waals surface area contributed by atoms with Crippen molar-refractivity contribution in [3.8, 4) is 5.75 Å². The number of carbonyl (C=O) groups excluding carboxylic acids is 2. The Balaban J connectivity index is 1.64. The van der Waals surface area contributed by atoms with Crippen LogP contribution in [0.1, 0.15) is 18.4 Å². The van der Waals surface area contributed by atoms with Crippen molar-refractivity contribution in [2.24, 2.45) is 0 Å². The Morgan fingerprint density at radius 2 is 2.25 bits per heavy atom. The fraction of sp³-hybridized carbons (Fsp3) is 0.467. The molecule has 1 aromatic carbocycles. The van der Waals surface area contributed by atoms with Crippen LogP contribution in [0.2, 0.25) is 0 Å². The maximum absolute atomic E-state index is 11.5. The molecule has 0 unspecified atom stereocenters. The summed E-state index contributed by atoms with van der Waals surface area (Å²) in [5.41, 5.74) is 1.07. The Hall–Kier alpha value is -2.04. The summed E-state index contributed by atoms with van der Waals surface area (Å²) < 4.78 is 10.4. The molecule has 1 fully saturated rings. The number of ether oxygens (including phenoxy) is 2. The predicted octanol–water partition coefficient (Wildman–Crippen LogP) is 1.54. The van der Waals surface area contributed by atoms with Crippen LogP contribution in [0.5, 0.6) is 5.75 Å². The molecular weight excluding hydrogens is 258 g/mol. The van der Waals surface area contributed by atoms with Crippen molar-refractivity contribution in [2.45, 2.75) is 19.8 Å². The first-order chi connectivity index (χ1) is 9.65. The van der Waals surface area contributed by atoms with E-state index in [-0.39, 0.29) is 19.1 Å². The second-order valence-electron chi connectivity index (χ2n) is 4.81. The average molecular weight is 277 g/mol. The molecule has 1 aliphatic heterocycles. The van der Waals surface area contributed by atoms with E-state index in [2.05, 4.69) is 0 Å². The zero-order valence-electron chi connectivity index (χ0n) is 11.6. The number of esters is 1. The summed E-state index contributed by atoms with van der Waals surface area (Å²) in [5.74, 6) is 0.367. The molecule has 1 heterocycles. The lowest BCUT2D eigenvalue weighted by Gasteiger charge is -2.15. The molecule has 20 heavy (non-hydrogen) atoms. The van der Waals surface area contributed by atoms with Gasteiger partial charge in [-0.05, 0) is 31.0 Å². The number of amides is 1. The maximum Gasteiger partial charge on any atom is 0.344 e. The van der Waals surface area contributed by atoms with Crippen LogP contribution in [-0.4, -0.2) is 43.1 Å². The van der Waals surface area contributed by atoms with Gasteiger partial charge in [0.25, 0.3) is 0 Å². The van der Waals surface area contributed by atoms with Crippen molar-refractivity contribution in [3.63, 3.8) is 0 Å². The molecule has 0 N–H and O–H groups in total. The van der Waals surface area contributed by atoms with Gasteiger partial charge in [0.15, 0.2) is 6.61 Å². The third-order valence-electron chi connectivity index (χ3n) is 3.14. The smallest absolute Gasteiger partial charge is 0.344 e. The van der Waals surface area contributed by atoms with Gasteiger partial charge in [-0.25, -0.2) is 4.79 Å². The molecule has 1 aromatic rings. The molecule has 108 valence electrons. The zero-order chi connectivity index (χ0) is 14.4. The Bertz CT molecular complexity index is 487. The summed E-state index contributed by atoms with van der Waals surface area (Å²) in [7, 11) is 0. The maximum atomic E-state index is 11.5. The van der Waals surface area contributed by atoms with Crippen LogP contribution in [-0.2, 0) is 14.3 Å². The largest absolute Gasteiger partial charge is 0.482 e. The van der Waals surface area contributed by atoms with E-state index in [1.807, 2.05) is 25.1 Å². The fourth-order valence-electron chi connectivity index (χ4n) is 2.10. The predicted molar refractivity (Wildman–Crippen MR) is 73.4 cm³/mol. The third kappa shape index (κ3) is 4.26. The second-order valence-corrected chi connectivity index (χ2v) is 4.81. The highest BCUT2D eigenvalue weighted by molar-refractivity contribution is 5.78. The van der Waals surface area contributed by atoms with E-state index in [1.54, 1.807) is 11.0 Å². The second kappa shape index (κ2) is 6.93. The van der Waals surface area contributed by atoms with Crippen LogP contribution in [0.3, 0.4) is 0 Å². The van der Waals surface area contributed by atoms with Gasteiger partial charge in [-0.15, -0.1) is 0 Å². The summed E-state index contributed by atoms with van der Waals surface area (Å²) >= 11 is 0. The number of carbonyl (C=O) groups is 2. The Labute approximate surface area is 118 Å². The fourth-order valence-corrected chi connectivity index (χ4v) is 2.10. The first-order valence-corrected chi connectivity index (χ1v) is 6.78. The van der Waals surface area contributed by atoms with Crippen molar-refractivity contribution in [2.75, 3.05) is 26.3 Å². The summed E-state index contributed by atoms with van der Waals surface area (Å²) in [4.78, 5) is 24.6. The van der Waals surface area contributed by atoms with Gasteiger partial charge in [-0.3, -0.25) is 4.79 Å². The molecule has 0 atom stereocenters. The summed E-state index contributed by atoms with van der Waals surface area (Å²) in [6.45, 7) is 3.29. The number of nitrogens with zero attached hydrogens (tertiary/aromatic N) is 1. The number of aryl methyl sites for hydroxylation is 1. The quantitative estimate of drug-likeness (QED) is 0.740. The minimum absolute atomic E-state index is 0.114. The van der Waals surface area contributed by atoms with E-state index in [9.17, 15) is 9.59 Å². The molecule has 0 aliphatic carbocycles. The highest BCUT2D eigenvalue weighted by Crippen LogP contribution is 2.12. The highest BCUT2D eigenvalue weighted by Gasteiger charge is 2.19. The lowest BCUT2D eigenvalue weighted by Crippen LogP contribution is -2.30. The molecule has 1 aliphatic rings. The average Bonchev–Trinajstić information content (AvgIpc) is 2.82. The first-order valence-electron chi connectivity index (χ1n) is 6.78. The molecule has 1 saturated heterocycles. The van der Waals surface area contributed by atoms with Gasteiger partial charge < -0.3 is 14.4 Å². The molecule has 5 nitrogen and oxygen atoms in total. The third-order valence-corrected chi connectivity index (χ3v) is 3.14. The van der Waals surface area contributed by atoms with Crippen molar-refractivity contribution in [3.05, 3.63) is 29.8 Å². The number of benzene rings is 1. The lowest BCUT2D eigenvalue weighted by atomic mass is 10.2. The first kappa shape index (κ1) is 14.4. The van der Waals surface area contributed by atoms with Crippen molar-refractivity contribution < 1.29 is 19.1 Å². The Kier molecular flexibility index (Phi) is 4.98. The number of likely N-dealkylation sites (tertiary alicyclic amines) is 1. The lowest BCUT2D eigenvalue weighted by molar-refractivity contribution is -0.147. The van der Waals surface area contributed by atoms with E-state index < -0.39 is 5.97 Å². The standard InChI is InChI=1S/C15H19NO4/c1-12-4-2-5-13(10-12)20-11-15(18)19-9-8-16-7-3-6-14(16)17/h2,4-5,10H,3,6-9,11H2,1H3. The Morgan fingerprint density at radius 3 is 2.95 bits per heavy atom. The van der Waals surface area contributed by atoms with E-state index in [1.165, 1.54) is 0 Å². The van der Waals surface area contributed by atoms with Gasteiger partial charge in [-0.1, -0.05) is 12.1 Å². The van der Waals surface area contributed by atoms with Crippen LogP contribution in [0.4, 0.5) is 0 Å². The van der Waals surface area contributed by atoms with Crippen LogP contribution in [0.25, 0.3) is 0 Å². The van der Waals surface area contributed by atoms with Gasteiger partial charge >= 0.3 is 5.97 Å². The van der Waals surface area contributed by atoms with Gasteiger partial charge in [0.2, 0.25) is 5.91 Å². The van der Waals surface area contributed by atoms with E-state index in [0.717, 1.165) is 18.5 Å². The van der Waals surface area contributed by atoms with Crippen molar-refractivity contribution in [1.82, 2.24) is 4.90 Å². The minimum Gasteiger partial charge on any atom is -0.482 e. The van der Waals surface area contributed by atoms with Gasteiger partial charge in [0.1, 0.15) is 12.4 Å². The van der Waals surface area contributed by atoms with Crippen molar-refractivity contribution in [1.29, 1.82) is 0 Å². The molecule has 5 heteroatoms. The van der Waals surface area contributed by atoms with E-state index >= 15 is 0 Å². The SMILES string of the molecule is Cc1cccc(OCC(=O)OCCN2CCCC2=O)c1. The number of hydrogen-bond donors (Lipinski definition) is 0. The summed E-state index contributed by atoms with van der Waals surface area (Å²) in [5, 5.41) is 0. The Morgan fingerprint density at radius 1 is 1.40 bits per heavy atom. The molecule has 0 saturated carbocycles. The van der Waals surface area contributed by atoms with E-state index in [0.29, 0.717) is 18.7 Å². The molecule has 0 bridgehead atoms. The monoisotopic (exact) mass is 277 g/mol. The van der Waals surface area contributed by atoms with E-state index in [4.69, 9.17) is 9.47 Å². The van der Waals surface area contributed by atoms with Crippen LogP contribution >= 0.6 is 0 Å². The van der Waals surface area contributed by atoms with Gasteiger partial charge in [0, 0.05) is 13.0 Å². The van der Waals surface area contributed by atoms with Crippen LogP contribution in [0.15, 0.2) is 24.3 Å². The number of hydrogen-bond acceptors (Lipinski definition) is 4. The minimum atomic E-state index is -0.418. The molecule has 0 aromatic heterocycles. The topological polar surface area (TPSA) is 55.8 Å². The molecular formula is C15H19NO4.